The quantitative estimate of drug-likeness (QED) is 0.00958. The number of amides is 2. The minimum absolute atomic E-state index is 0. The molecule has 122 heavy (non-hydrogen) atoms. The predicted molar refractivity (Wildman–Crippen MR) is 493 cm³/mol. The van der Waals surface area contributed by atoms with Crippen molar-refractivity contribution in [3.05, 3.63) is 119 Å². The monoisotopic (exact) mass is 1760 g/mol. The molecule has 4 aromatic carbocycles. The number of ether oxygens (including phenoxy) is 11. The zero-order valence-corrected chi connectivity index (χ0v) is 79.3. The van der Waals surface area contributed by atoms with E-state index < -0.39 is 65.2 Å². The lowest BCUT2D eigenvalue weighted by atomic mass is 9.90. The second kappa shape index (κ2) is 67.3. The Morgan fingerprint density at radius 2 is 0.762 bits per heavy atom. The smallest absolute Gasteiger partial charge is 0.493 e. The molecule has 5 aliphatic rings. The summed E-state index contributed by atoms with van der Waals surface area (Å²) in [7, 11) is 1.08. The van der Waals surface area contributed by atoms with Crippen LogP contribution in [0.3, 0.4) is 0 Å². The number of aliphatic hydroxyl groups excluding tert-OH is 3. The van der Waals surface area contributed by atoms with Gasteiger partial charge in [-0.3, -0.25) is 9.59 Å². The van der Waals surface area contributed by atoms with Gasteiger partial charge in [-0.25, -0.2) is 19.2 Å². The van der Waals surface area contributed by atoms with Gasteiger partial charge < -0.3 is 89.5 Å². The molecular formula is C96H162ClN4O20P. The first-order chi connectivity index (χ1) is 57.8. The van der Waals surface area contributed by atoms with Crippen LogP contribution in [0.5, 0.6) is 23.0 Å². The van der Waals surface area contributed by atoms with Gasteiger partial charge in [-0.2, -0.15) is 0 Å². The Labute approximate surface area is 743 Å². The van der Waals surface area contributed by atoms with Crippen LogP contribution < -0.4 is 41.0 Å². The van der Waals surface area contributed by atoms with E-state index in [1.165, 1.54) is 148 Å². The predicted octanol–water partition coefficient (Wildman–Crippen LogP) is 22.0. The van der Waals surface area contributed by atoms with Crippen LogP contribution in [0.15, 0.2) is 97.1 Å². The molecule has 4 aliphatic carbocycles. The lowest BCUT2D eigenvalue weighted by Gasteiger charge is -2.22. The number of hydrogen-bond donors (Lipinski definition) is 7. The SMILES string of the molecule is C1CCOC1.CC(C)(C)OC(=O)NCCC(=O)c1cccc(OCC2CCCCC2)c1.CC(C)(C)OC(=O)NCCC(O)c1cccc(OCC2CCCCC2)c1.CC(C)(C)OC(=O)OC(=O)OC(C)(C)C.CCOC(C)=O.CPC.Cl.NCCC(O)c1cccc(OCC2CCCCC2)c1.NCCC(O)c1cccc(OCC2CCCCC2)c1.[2H]CC. The van der Waals surface area contributed by atoms with Crippen molar-refractivity contribution in [2.45, 2.75) is 318 Å². The van der Waals surface area contributed by atoms with Crippen LogP contribution in [-0.4, -0.2) is 160 Å². The minimum atomic E-state index is -1.06. The van der Waals surface area contributed by atoms with E-state index in [0.717, 1.165) is 87.9 Å². The summed E-state index contributed by atoms with van der Waals surface area (Å²) < 4.78 is 63.3. The molecular weight excluding hydrogens is 1600 g/mol. The van der Waals surface area contributed by atoms with Gasteiger partial charge in [0.25, 0.3) is 0 Å². The number of ketones is 1. The van der Waals surface area contributed by atoms with Crippen molar-refractivity contribution in [2.24, 2.45) is 35.1 Å². The Morgan fingerprint density at radius 1 is 0.467 bits per heavy atom. The summed E-state index contributed by atoms with van der Waals surface area (Å²) in [5.74, 6) is 5.70. The third-order valence-corrected chi connectivity index (χ3v) is 18.8. The molecule has 2 amide bonds. The Bertz CT molecular complexity index is 3290. The van der Waals surface area contributed by atoms with Gasteiger partial charge >= 0.3 is 30.5 Å². The fraction of sp³-hybridized carbons (Fsp3) is 0.688. The molecule has 0 radical (unpaired) electrons. The van der Waals surface area contributed by atoms with Gasteiger partial charge in [0, 0.05) is 46.6 Å². The van der Waals surface area contributed by atoms with Crippen molar-refractivity contribution in [3.8, 4) is 23.0 Å². The Kier molecular flexibility index (Phi) is 62.4. The lowest BCUT2D eigenvalue weighted by Crippen LogP contribution is -2.33. The fourth-order valence-corrected chi connectivity index (χ4v) is 13.0. The van der Waals surface area contributed by atoms with E-state index in [1.54, 1.807) is 88.3 Å². The van der Waals surface area contributed by atoms with Crippen molar-refractivity contribution >= 4 is 57.2 Å². The second-order valence-electron chi connectivity index (χ2n) is 34.8. The van der Waals surface area contributed by atoms with E-state index in [-0.39, 0.29) is 37.1 Å². The number of halogens is 1. The van der Waals surface area contributed by atoms with E-state index >= 15 is 0 Å². The molecule has 9 N–H and O–H groups in total. The number of Topliss-reactive ketones (excluding diaryl/α,β-unsaturated/α-hetero) is 1. The molecule has 9 rings (SSSR count). The van der Waals surface area contributed by atoms with Gasteiger partial charge in [-0.15, -0.1) is 21.0 Å². The van der Waals surface area contributed by atoms with Crippen LogP contribution in [0.4, 0.5) is 19.2 Å². The number of rotatable bonds is 27. The normalized spacial score (nSPS) is 15.6. The molecule has 4 aromatic rings. The first-order valence-electron chi connectivity index (χ1n) is 45.1. The third-order valence-electron chi connectivity index (χ3n) is 18.8. The zero-order chi connectivity index (χ0) is 91.2. The average Bonchev–Trinajstić information content (AvgIpc) is 0.956. The number of hydrogen-bond acceptors (Lipinski definition) is 22. The Balaban J connectivity index is 0.00000145. The van der Waals surface area contributed by atoms with Gasteiger partial charge in [0.15, 0.2) is 5.78 Å². The molecule has 698 valence electrons. The number of alkyl carbamates (subject to hydrolysis) is 2. The maximum Gasteiger partial charge on any atom is 0.519 e. The molecule has 3 atom stereocenters. The van der Waals surface area contributed by atoms with Crippen LogP contribution in [0.25, 0.3) is 0 Å². The average molecular weight is 1760 g/mol. The molecule has 0 spiro atoms. The number of nitrogens with one attached hydrogen (secondary N) is 2. The molecule has 24 nitrogen and oxygen atoms in total. The van der Waals surface area contributed by atoms with Crippen LogP contribution in [0, 0.1) is 23.7 Å². The van der Waals surface area contributed by atoms with Crippen molar-refractivity contribution in [1.29, 1.82) is 0 Å². The fourth-order valence-electron chi connectivity index (χ4n) is 13.0. The highest BCUT2D eigenvalue weighted by Gasteiger charge is 2.26. The second-order valence-corrected chi connectivity index (χ2v) is 35.8. The van der Waals surface area contributed by atoms with Crippen LogP contribution in [0.2, 0.25) is 0 Å². The summed E-state index contributed by atoms with van der Waals surface area (Å²) in [5.41, 5.74) is 11.7. The topological polar surface area (TPSA) is 341 Å². The number of carbonyl (C=O) groups excluding carboxylic acids is 6. The zero-order valence-electron chi connectivity index (χ0n) is 78.5. The maximum absolute atomic E-state index is 12.3. The minimum Gasteiger partial charge on any atom is -0.493 e. The van der Waals surface area contributed by atoms with E-state index in [0.29, 0.717) is 81.6 Å². The highest BCUT2D eigenvalue weighted by molar-refractivity contribution is 7.35. The van der Waals surface area contributed by atoms with Crippen molar-refractivity contribution in [3.63, 3.8) is 0 Å². The standard InChI is InChI=1S/C21H33NO4.C21H31NO4.2C16H25NO2.C10H18O5.C4H8O2.C4H8O.C2H7P.C2H6.ClH/c2*1-21(2,3)26-20(24)22-13-12-19(23)17-10-7-11-18(14-17)25-15-16-8-5-4-6-9-16;2*17-10-9-16(18)14-7-4-8-15(11-14)19-12-13-5-2-1-3-6-13;1-9(2,3)14-7(11)13-8(12)15-10(4,5)6;1-3-6-4(2)5;1-2-4-5-3-1;1-3-2;1-2;/h7,10-11,14,16,19,23H,4-6,8-9,12-13,15H2,1-3H3,(H,22,24);7,10-11,14,16H,4-6,8-9,12-13,15H2,1-3H3,(H,22,24);2*4,7-8,11,13,16,18H,1-3,5-6,9-10,12,17H2;1-6H3;3H2,1-2H3;1-4H2;3H,1-2H3;1-2H3;1H/i;;;;;;;;1D;. The molecule has 0 aromatic heterocycles. The summed E-state index contributed by atoms with van der Waals surface area (Å²) in [4.78, 5) is 67.4. The molecule has 5 fully saturated rings. The van der Waals surface area contributed by atoms with E-state index in [1.807, 2.05) is 106 Å². The number of carbonyl (C=O) groups is 6. The third kappa shape index (κ3) is 62.2. The molecule has 4 saturated carbocycles. The number of aliphatic hydroxyl groups is 3. The van der Waals surface area contributed by atoms with Gasteiger partial charge in [0.05, 0.1) is 51.3 Å². The first kappa shape index (κ1) is 113. The molecule has 1 aliphatic heterocycles. The van der Waals surface area contributed by atoms with Gasteiger partial charge in [-0.1, -0.05) is 139 Å². The summed E-state index contributed by atoms with van der Waals surface area (Å²) in [5, 5.41) is 35.5. The summed E-state index contributed by atoms with van der Waals surface area (Å²) in [6.45, 7) is 37.8. The first-order valence-corrected chi connectivity index (χ1v) is 46.4. The summed E-state index contributed by atoms with van der Waals surface area (Å²) >= 11 is 0. The molecule has 1 saturated heterocycles. The van der Waals surface area contributed by atoms with Crippen molar-refractivity contribution < 1.29 is 97.6 Å². The molecule has 0 bridgehead atoms. The van der Waals surface area contributed by atoms with Crippen LogP contribution >= 0.6 is 21.0 Å². The molecule has 3 unspecified atom stereocenters. The van der Waals surface area contributed by atoms with Crippen molar-refractivity contribution in [2.75, 3.05) is 85.8 Å². The van der Waals surface area contributed by atoms with Crippen LogP contribution in [-0.2, 0) is 38.0 Å². The van der Waals surface area contributed by atoms with E-state index in [4.69, 9.17) is 55.5 Å². The highest BCUT2D eigenvalue weighted by atomic mass is 35.5. The molecule has 1 heterocycles. The van der Waals surface area contributed by atoms with Crippen molar-refractivity contribution in [1.82, 2.24) is 10.6 Å². The maximum atomic E-state index is 12.3. The lowest BCUT2D eigenvalue weighted by molar-refractivity contribution is -0.140. The van der Waals surface area contributed by atoms with Gasteiger partial charge in [0.2, 0.25) is 0 Å². The number of benzene rings is 4. The largest absolute Gasteiger partial charge is 0.519 e. The van der Waals surface area contributed by atoms with Gasteiger partial charge in [0.1, 0.15) is 45.4 Å². The summed E-state index contributed by atoms with van der Waals surface area (Å²) in [6.07, 6.45) is 25.7. The van der Waals surface area contributed by atoms with E-state index in [2.05, 4.69) is 33.4 Å². The number of nitrogens with two attached hydrogens (primary N) is 2. The Hall–Kier alpha value is -7.02. The Morgan fingerprint density at radius 3 is 1.03 bits per heavy atom. The number of esters is 1. The summed E-state index contributed by atoms with van der Waals surface area (Å²) in [6, 6.07) is 30.4. The van der Waals surface area contributed by atoms with E-state index in [9.17, 15) is 44.1 Å². The van der Waals surface area contributed by atoms with Gasteiger partial charge in [-0.05, 0) is 289 Å². The van der Waals surface area contributed by atoms with Crippen LogP contribution in [0.1, 0.15) is 324 Å². The molecule has 26 heteroatoms. The highest BCUT2D eigenvalue weighted by Crippen LogP contribution is 2.31.